The van der Waals surface area contributed by atoms with Gasteiger partial charge in [-0.25, -0.2) is 9.97 Å². The van der Waals surface area contributed by atoms with Crippen molar-refractivity contribution < 1.29 is 0 Å². The molecule has 72 valence electrons. The van der Waals surface area contributed by atoms with Gasteiger partial charge in [0.1, 0.15) is 5.82 Å². The Morgan fingerprint density at radius 3 is 2.93 bits per heavy atom. The lowest BCUT2D eigenvalue weighted by molar-refractivity contribution is 0.966. The maximum absolute atomic E-state index is 5.84. The molecule has 0 amide bonds. The fraction of sp³-hybridized carbons (Fsp3) is 0.200. The van der Waals surface area contributed by atoms with E-state index in [0.29, 0.717) is 17.3 Å². The molecule has 0 aliphatic heterocycles. The third-order valence-electron chi connectivity index (χ3n) is 1.91. The van der Waals surface area contributed by atoms with Crippen LogP contribution in [-0.2, 0) is 6.42 Å². The van der Waals surface area contributed by atoms with Crippen LogP contribution in [0.3, 0.4) is 0 Å². The topological polar surface area (TPSA) is 25.8 Å². The smallest absolute Gasteiger partial charge is 0.130 e. The standard InChI is InChI=1S/C10H8Cl2N2/c11-4-3-10-13-6-7-5-8(12)1-2-9(7)14-10/h1-2,5-6H,3-4H2. The van der Waals surface area contributed by atoms with Crippen LogP contribution in [0.1, 0.15) is 5.82 Å². The van der Waals surface area contributed by atoms with Crippen molar-refractivity contribution in [1.82, 2.24) is 9.97 Å². The average molecular weight is 227 g/mol. The summed E-state index contributed by atoms with van der Waals surface area (Å²) in [6.07, 6.45) is 2.47. The second-order valence-electron chi connectivity index (χ2n) is 2.93. The zero-order valence-corrected chi connectivity index (χ0v) is 8.89. The number of hydrogen-bond acceptors (Lipinski definition) is 2. The summed E-state index contributed by atoms with van der Waals surface area (Å²) >= 11 is 11.5. The average Bonchev–Trinajstić information content (AvgIpc) is 2.19. The van der Waals surface area contributed by atoms with E-state index in [4.69, 9.17) is 23.2 Å². The number of aryl methyl sites for hydroxylation is 1. The predicted octanol–water partition coefficient (Wildman–Crippen LogP) is 3.06. The maximum Gasteiger partial charge on any atom is 0.130 e. The van der Waals surface area contributed by atoms with E-state index in [0.717, 1.165) is 16.7 Å². The van der Waals surface area contributed by atoms with E-state index < -0.39 is 0 Å². The van der Waals surface area contributed by atoms with Gasteiger partial charge in [0.05, 0.1) is 5.52 Å². The molecule has 2 aromatic rings. The largest absolute Gasteiger partial charge is 0.241 e. The van der Waals surface area contributed by atoms with Crippen molar-refractivity contribution in [3.05, 3.63) is 35.2 Å². The molecule has 0 aliphatic rings. The fourth-order valence-electron chi connectivity index (χ4n) is 1.25. The van der Waals surface area contributed by atoms with Crippen LogP contribution >= 0.6 is 23.2 Å². The van der Waals surface area contributed by atoms with Gasteiger partial charge < -0.3 is 0 Å². The van der Waals surface area contributed by atoms with Gasteiger partial charge >= 0.3 is 0 Å². The summed E-state index contributed by atoms with van der Waals surface area (Å²) in [6, 6.07) is 5.56. The lowest BCUT2D eigenvalue weighted by atomic mass is 10.2. The predicted molar refractivity (Wildman–Crippen MR) is 59.0 cm³/mol. The van der Waals surface area contributed by atoms with Crippen LogP contribution in [0.15, 0.2) is 24.4 Å². The molecule has 1 aromatic heterocycles. The number of aromatic nitrogens is 2. The molecule has 0 saturated heterocycles. The maximum atomic E-state index is 5.84. The summed E-state index contributed by atoms with van der Waals surface area (Å²) in [4.78, 5) is 8.54. The van der Waals surface area contributed by atoms with E-state index in [1.54, 1.807) is 6.20 Å². The van der Waals surface area contributed by atoms with Crippen molar-refractivity contribution in [2.45, 2.75) is 6.42 Å². The number of benzene rings is 1. The Balaban J connectivity index is 2.50. The Kier molecular flexibility index (Phi) is 2.85. The van der Waals surface area contributed by atoms with Crippen LogP contribution < -0.4 is 0 Å². The summed E-state index contributed by atoms with van der Waals surface area (Å²) in [6.45, 7) is 0. The van der Waals surface area contributed by atoms with Gasteiger partial charge in [0.15, 0.2) is 0 Å². The first-order valence-electron chi connectivity index (χ1n) is 4.27. The number of halogens is 2. The summed E-state index contributed by atoms with van der Waals surface area (Å²) in [5, 5.41) is 1.65. The summed E-state index contributed by atoms with van der Waals surface area (Å²) in [5.74, 6) is 1.31. The Labute approximate surface area is 91.9 Å². The molecule has 0 bridgehead atoms. The fourth-order valence-corrected chi connectivity index (χ4v) is 1.60. The van der Waals surface area contributed by atoms with Crippen molar-refractivity contribution in [2.24, 2.45) is 0 Å². The van der Waals surface area contributed by atoms with E-state index in [9.17, 15) is 0 Å². The zero-order chi connectivity index (χ0) is 9.97. The van der Waals surface area contributed by atoms with Gasteiger partial charge in [-0.3, -0.25) is 0 Å². The molecule has 0 aliphatic carbocycles. The highest BCUT2D eigenvalue weighted by atomic mass is 35.5. The molecular formula is C10H8Cl2N2. The van der Waals surface area contributed by atoms with Gasteiger partial charge in [0, 0.05) is 28.9 Å². The summed E-state index contributed by atoms with van der Waals surface area (Å²) in [7, 11) is 0. The highest BCUT2D eigenvalue weighted by molar-refractivity contribution is 6.31. The Hall–Kier alpha value is -0.860. The molecule has 0 N–H and O–H groups in total. The van der Waals surface area contributed by atoms with E-state index in [1.807, 2.05) is 18.2 Å². The quantitative estimate of drug-likeness (QED) is 0.737. The zero-order valence-electron chi connectivity index (χ0n) is 7.37. The molecule has 0 unspecified atom stereocenters. The monoisotopic (exact) mass is 226 g/mol. The van der Waals surface area contributed by atoms with Crippen LogP contribution in [0, 0.1) is 0 Å². The van der Waals surface area contributed by atoms with Crippen molar-refractivity contribution in [1.29, 1.82) is 0 Å². The molecule has 0 saturated carbocycles. The molecule has 0 spiro atoms. The number of nitrogens with zero attached hydrogens (tertiary/aromatic N) is 2. The van der Waals surface area contributed by atoms with E-state index in [1.165, 1.54) is 0 Å². The first-order chi connectivity index (χ1) is 6.79. The highest BCUT2D eigenvalue weighted by Gasteiger charge is 1.99. The van der Waals surface area contributed by atoms with Crippen molar-refractivity contribution >= 4 is 34.1 Å². The van der Waals surface area contributed by atoms with Crippen molar-refractivity contribution in [3.63, 3.8) is 0 Å². The number of fused-ring (bicyclic) bond motifs is 1. The van der Waals surface area contributed by atoms with Crippen molar-refractivity contribution in [2.75, 3.05) is 5.88 Å². The SMILES string of the molecule is ClCCc1ncc2cc(Cl)ccc2n1. The van der Waals surface area contributed by atoms with Crippen molar-refractivity contribution in [3.8, 4) is 0 Å². The highest BCUT2D eigenvalue weighted by Crippen LogP contribution is 2.16. The van der Waals surface area contributed by atoms with Gasteiger partial charge in [0.25, 0.3) is 0 Å². The number of hydrogen-bond donors (Lipinski definition) is 0. The van der Waals surface area contributed by atoms with Gasteiger partial charge in [-0.15, -0.1) is 11.6 Å². The molecule has 14 heavy (non-hydrogen) atoms. The third-order valence-corrected chi connectivity index (χ3v) is 2.33. The van der Waals surface area contributed by atoms with Gasteiger partial charge in [-0.2, -0.15) is 0 Å². The van der Waals surface area contributed by atoms with Crippen LogP contribution in [-0.4, -0.2) is 15.8 Å². The second kappa shape index (κ2) is 4.11. The molecule has 1 aromatic carbocycles. The second-order valence-corrected chi connectivity index (χ2v) is 3.74. The normalized spacial score (nSPS) is 10.7. The van der Waals surface area contributed by atoms with E-state index in [-0.39, 0.29) is 0 Å². The molecule has 0 radical (unpaired) electrons. The summed E-state index contributed by atoms with van der Waals surface area (Å²) in [5.41, 5.74) is 0.907. The molecule has 0 atom stereocenters. The molecule has 0 fully saturated rings. The van der Waals surface area contributed by atoms with Crippen LogP contribution in [0.5, 0.6) is 0 Å². The Morgan fingerprint density at radius 1 is 1.29 bits per heavy atom. The lowest BCUT2D eigenvalue weighted by Crippen LogP contribution is -1.95. The molecule has 4 heteroatoms. The minimum Gasteiger partial charge on any atom is -0.241 e. The first kappa shape index (κ1) is 9.69. The number of rotatable bonds is 2. The van der Waals surface area contributed by atoms with Gasteiger partial charge in [-0.1, -0.05) is 11.6 Å². The van der Waals surface area contributed by atoms with Crippen LogP contribution in [0.4, 0.5) is 0 Å². The lowest BCUT2D eigenvalue weighted by Gasteiger charge is -2.00. The number of alkyl halides is 1. The molecule has 1 heterocycles. The van der Waals surface area contributed by atoms with Crippen LogP contribution in [0.25, 0.3) is 10.9 Å². The molecule has 2 nitrogen and oxygen atoms in total. The van der Waals surface area contributed by atoms with Crippen LogP contribution in [0.2, 0.25) is 5.02 Å². The Morgan fingerprint density at radius 2 is 2.14 bits per heavy atom. The van der Waals surface area contributed by atoms with E-state index in [2.05, 4.69) is 9.97 Å². The van der Waals surface area contributed by atoms with Gasteiger partial charge in [-0.05, 0) is 18.2 Å². The molecule has 2 rings (SSSR count). The van der Waals surface area contributed by atoms with E-state index >= 15 is 0 Å². The third kappa shape index (κ3) is 1.97. The first-order valence-corrected chi connectivity index (χ1v) is 5.18. The minimum atomic E-state index is 0.541. The molecular weight excluding hydrogens is 219 g/mol. The Bertz CT molecular complexity index is 457. The van der Waals surface area contributed by atoms with Gasteiger partial charge in [0.2, 0.25) is 0 Å². The summed E-state index contributed by atoms with van der Waals surface area (Å²) < 4.78 is 0. The minimum absolute atomic E-state index is 0.541.